The van der Waals surface area contributed by atoms with Crippen LogP contribution >= 0.6 is 0 Å². The van der Waals surface area contributed by atoms with Gasteiger partial charge in [-0.25, -0.2) is 24.2 Å². The molecule has 0 bridgehead atoms. The number of amides is 5. The lowest BCUT2D eigenvalue weighted by Crippen LogP contribution is -2.48. The van der Waals surface area contributed by atoms with Crippen LogP contribution in [0.3, 0.4) is 0 Å². The first-order chi connectivity index (χ1) is 26.2. The predicted octanol–water partition coefficient (Wildman–Crippen LogP) is 7.75. The summed E-state index contributed by atoms with van der Waals surface area (Å²) in [5.74, 6) is -0.429. The van der Waals surface area contributed by atoms with Crippen LogP contribution in [0.1, 0.15) is 111 Å². The molecule has 0 atom stereocenters. The van der Waals surface area contributed by atoms with E-state index in [9.17, 15) is 24.0 Å². The first-order valence-corrected chi connectivity index (χ1v) is 18.5. The van der Waals surface area contributed by atoms with Crippen molar-refractivity contribution < 1.29 is 42.9 Å². The van der Waals surface area contributed by atoms with Gasteiger partial charge in [-0.1, -0.05) is 30.3 Å². The normalized spacial score (nSPS) is 13.6. The van der Waals surface area contributed by atoms with Crippen LogP contribution in [-0.2, 0) is 25.5 Å². The van der Waals surface area contributed by atoms with Gasteiger partial charge in [-0.05, 0) is 130 Å². The van der Waals surface area contributed by atoms with Crippen LogP contribution in [0.15, 0.2) is 64.6 Å². The molecular formula is C41H57N7O9. The number of hydrogen-bond acceptors (Lipinski definition) is 10. The largest absolute Gasteiger partial charge is 0.444 e. The van der Waals surface area contributed by atoms with Crippen molar-refractivity contribution in [3.05, 3.63) is 71.3 Å². The Hall–Kier alpha value is -5.93. The van der Waals surface area contributed by atoms with Gasteiger partial charge in [0.15, 0.2) is 0 Å². The van der Waals surface area contributed by atoms with Crippen molar-refractivity contribution in [3.8, 4) is 0 Å². The highest BCUT2D eigenvalue weighted by atomic mass is 16.6. The summed E-state index contributed by atoms with van der Waals surface area (Å²) >= 11 is 0. The van der Waals surface area contributed by atoms with E-state index in [-0.39, 0.29) is 24.4 Å². The lowest BCUT2D eigenvalue weighted by molar-refractivity contribution is 0.0528. The summed E-state index contributed by atoms with van der Waals surface area (Å²) < 4.78 is 21.3. The molecule has 16 heteroatoms. The van der Waals surface area contributed by atoms with Gasteiger partial charge in [0.05, 0.1) is 6.54 Å². The fourth-order valence-corrected chi connectivity index (χ4v) is 4.88. The summed E-state index contributed by atoms with van der Waals surface area (Å²) in [5, 5.41) is 10.4. The second kappa shape index (κ2) is 18.8. The molecule has 0 aliphatic carbocycles. The molecule has 0 fully saturated rings. The first kappa shape index (κ1) is 45.5. The molecule has 2 aromatic rings. The van der Waals surface area contributed by atoms with Crippen molar-refractivity contribution in [1.82, 2.24) is 20.9 Å². The van der Waals surface area contributed by atoms with Crippen molar-refractivity contribution in [1.29, 1.82) is 0 Å². The second-order valence-electron chi connectivity index (χ2n) is 17.1. The fraction of sp³-hybridized carbons (Fsp3) is 0.488. The molecule has 3 rings (SSSR count). The molecule has 0 unspecified atom stereocenters. The third kappa shape index (κ3) is 17.6. The molecule has 1 heterocycles. The van der Waals surface area contributed by atoms with Gasteiger partial charge in [0.1, 0.15) is 22.4 Å². The minimum absolute atomic E-state index is 0.0248. The maximum atomic E-state index is 13.1. The van der Waals surface area contributed by atoms with E-state index < -0.39 is 46.8 Å². The summed E-state index contributed by atoms with van der Waals surface area (Å²) in [7, 11) is 0. The van der Waals surface area contributed by atoms with Gasteiger partial charge < -0.3 is 29.2 Å². The number of guanidine groups is 2. The maximum absolute atomic E-state index is 13.1. The molecule has 0 radical (unpaired) electrons. The van der Waals surface area contributed by atoms with Crippen LogP contribution in [0.2, 0.25) is 0 Å². The molecule has 0 saturated heterocycles. The van der Waals surface area contributed by atoms with Crippen LogP contribution in [0.25, 0.3) is 5.57 Å². The highest BCUT2D eigenvalue weighted by Gasteiger charge is 2.25. The monoisotopic (exact) mass is 791 g/mol. The topological polar surface area (TPSA) is 198 Å². The molecule has 2 aromatic carbocycles. The quantitative estimate of drug-likeness (QED) is 0.132. The number of nitrogens with zero attached hydrogens (tertiary/aromatic N) is 3. The van der Waals surface area contributed by atoms with E-state index in [0.717, 1.165) is 16.7 Å². The van der Waals surface area contributed by atoms with Crippen molar-refractivity contribution in [3.63, 3.8) is 0 Å². The van der Waals surface area contributed by atoms with Crippen LogP contribution in [0.4, 0.5) is 24.9 Å². The lowest BCUT2D eigenvalue weighted by Gasteiger charge is -2.30. The van der Waals surface area contributed by atoms with Gasteiger partial charge in [-0.2, -0.15) is 0 Å². The maximum Gasteiger partial charge on any atom is 0.437 e. The molecule has 5 amide bonds. The zero-order chi connectivity index (χ0) is 42.8. The molecule has 0 aromatic heterocycles. The third-order valence-corrected chi connectivity index (χ3v) is 7.10. The minimum atomic E-state index is -0.838. The summed E-state index contributed by atoms with van der Waals surface area (Å²) in [6, 6.07) is 14.1. The number of benzene rings is 2. The van der Waals surface area contributed by atoms with E-state index in [1.54, 1.807) is 124 Å². The molecular weight excluding hydrogens is 734 g/mol. The van der Waals surface area contributed by atoms with Gasteiger partial charge >= 0.3 is 24.4 Å². The Balaban J connectivity index is 1.65. The number of rotatable bonds is 5. The molecule has 57 heavy (non-hydrogen) atoms. The standard InChI is InChI=1S/C41H57N7O9/c1-38(2,3)54-34(50)44-32(45-35(51)55-39(4,5)6)42-25-26-13-19-30(20-14-26)43-31(49)29-17-15-27(16-18-29)28-21-23-48(24-22-28)33(46-36(52)56-40(7,8)9)47-37(53)57-41(10,11)12/h13-21H,22-25H2,1-12H3,(H,43,49)(H,46,47,52,53)(H2,42,44,45,50,51). The van der Waals surface area contributed by atoms with E-state index in [1.165, 1.54) is 0 Å². The average Bonchev–Trinajstić information content (AvgIpc) is 3.04. The Bertz CT molecular complexity index is 1830. The van der Waals surface area contributed by atoms with Gasteiger partial charge in [-0.15, -0.1) is 4.99 Å². The number of anilines is 1. The summed E-state index contributed by atoms with van der Waals surface area (Å²) in [4.78, 5) is 73.1. The van der Waals surface area contributed by atoms with Gasteiger partial charge in [-0.3, -0.25) is 20.7 Å². The number of alkyl carbamates (subject to hydrolysis) is 3. The number of carbonyl (C=O) groups is 5. The summed E-state index contributed by atoms with van der Waals surface area (Å²) in [6.45, 7) is 21.5. The number of carbonyl (C=O) groups excluding carboxylic acids is 5. The molecule has 1 aliphatic rings. The SMILES string of the molecule is CC(C)(C)OC(=O)/N=C(/NC(=O)OC(C)(C)C)N1CC=C(c2ccc(C(=O)Nc3ccc(CN=C(NC(=O)OC(C)(C)C)NC(=O)OC(C)(C)C)cc3)cc2)CC1. The van der Waals surface area contributed by atoms with Crippen LogP contribution in [0.5, 0.6) is 0 Å². The third-order valence-electron chi connectivity index (χ3n) is 7.10. The number of hydrogen-bond donors (Lipinski definition) is 4. The molecule has 310 valence electrons. The predicted molar refractivity (Wildman–Crippen MR) is 218 cm³/mol. The minimum Gasteiger partial charge on any atom is -0.444 e. The molecule has 0 saturated carbocycles. The van der Waals surface area contributed by atoms with Crippen molar-refractivity contribution >= 4 is 53.5 Å². The first-order valence-electron chi connectivity index (χ1n) is 18.5. The average molecular weight is 792 g/mol. The zero-order valence-electron chi connectivity index (χ0n) is 35.0. The Morgan fingerprint density at radius 3 is 1.60 bits per heavy atom. The van der Waals surface area contributed by atoms with Crippen molar-refractivity contribution in [2.75, 3.05) is 18.4 Å². The molecule has 16 nitrogen and oxygen atoms in total. The van der Waals surface area contributed by atoms with E-state index in [1.807, 2.05) is 18.2 Å². The number of ether oxygens (including phenoxy) is 4. The van der Waals surface area contributed by atoms with Gasteiger partial charge in [0, 0.05) is 24.3 Å². The Morgan fingerprint density at radius 2 is 1.14 bits per heavy atom. The van der Waals surface area contributed by atoms with Crippen molar-refractivity contribution in [2.45, 2.75) is 118 Å². The van der Waals surface area contributed by atoms with E-state index in [4.69, 9.17) is 18.9 Å². The number of aliphatic imine (C=N–C) groups is 2. The smallest absolute Gasteiger partial charge is 0.437 e. The van der Waals surface area contributed by atoms with Crippen LogP contribution in [-0.4, -0.2) is 82.6 Å². The molecule has 4 N–H and O–H groups in total. The Kier molecular flexibility index (Phi) is 15.0. The van der Waals surface area contributed by atoms with Crippen molar-refractivity contribution in [2.24, 2.45) is 9.98 Å². The fourth-order valence-electron chi connectivity index (χ4n) is 4.88. The second-order valence-corrected chi connectivity index (χ2v) is 17.1. The van der Waals surface area contributed by atoms with Crippen LogP contribution in [0, 0.1) is 0 Å². The zero-order valence-corrected chi connectivity index (χ0v) is 35.0. The van der Waals surface area contributed by atoms with E-state index in [2.05, 4.69) is 31.3 Å². The Morgan fingerprint density at radius 1 is 0.649 bits per heavy atom. The van der Waals surface area contributed by atoms with E-state index >= 15 is 0 Å². The van der Waals surface area contributed by atoms with Crippen LogP contribution < -0.4 is 21.3 Å². The highest BCUT2D eigenvalue weighted by molar-refractivity contribution is 6.04. The number of nitrogens with one attached hydrogen (secondary N) is 4. The molecule has 0 spiro atoms. The summed E-state index contributed by atoms with van der Waals surface area (Å²) in [6.07, 6.45) is -0.634. The lowest BCUT2D eigenvalue weighted by atomic mass is 9.98. The van der Waals surface area contributed by atoms with Gasteiger partial charge in [0.2, 0.25) is 11.9 Å². The van der Waals surface area contributed by atoms with E-state index in [0.29, 0.717) is 30.8 Å². The summed E-state index contributed by atoms with van der Waals surface area (Å²) in [5.41, 5.74) is 0.623. The van der Waals surface area contributed by atoms with Gasteiger partial charge in [0.25, 0.3) is 5.91 Å². The molecule has 1 aliphatic heterocycles. The highest BCUT2D eigenvalue weighted by Crippen LogP contribution is 2.24. The Labute approximate surface area is 334 Å².